The van der Waals surface area contributed by atoms with Gasteiger partial charge in [0.15, 0.2) is 0 Å². The van der Waals surface area contributed by atoms with Crippen molar-refractivity contribution in [3.63, 3.8) is 0 Å². The van der Waals surface area contributed by atoms with Gasteiger partial charge >= 0.3 is 5.97 Å². The van der Waals surface area contributed by atoms with Crippen LogP contribution in [0.2, 0.25) is 0 Å². The molecule has 22 heavy (non-hydrogen) atoms. The molecule has 1 unspecified atom stereocenters. The number of amides is 1. The normalized spacial score (nSPS) is 12.1. The van der Waals surface area contributed by atoms with Crippen LogP contribution in [-0.4, -0.2) is 28.0 Å². The number of benzene rings is 1. The molecular weight excluding hydrogens is 287 g/mol. The Bertz CT molecular complexity index is 731. The number of carboxylic acids is 1. The molecule has 0 fully saturated rings. The second-order valence-corrected chi connectivity index (χ2v) is 5.11. The molecule has 6 heteroatoms. The first-order chi connectivity index (χ1) is 10.4. The number of pyridine rings is 1. The maximum absolute atomic E-state index is 13.2. The molecule has 1 amide bonds. The molecule has 2 N–H and O–H groups in total. The molecule has 0 bridgehead atoms. The van der Waals surface area contributed by atoms with E-state index in [4.69, 9.17) is 5.11 Å². The number of aromatic nitrogens is 1. The monoisotopic (exact) mass is 304 g/mol. The van der Waals surface area contributed by atoms with E-state index in [0.717, 1.165) is 0 Å². The van der Waals surface area contributed by atoms with E-state index < -0.39 is 23.7 Å². The molecule has 1 atom stereocenters. The fraction of sp³-hybridized carbons (Fsp3) is 0.312. The molecule has 116 valence electrons. The number of fused-ring (bicyclic) bond motifs is 1. The Labute approximate surface area is 127 Å². The third kappa shape index (κ3) is 3.39. The van der Waals surface area contributed by atoms with Crippen LogP contribution in [0.25, 0.3) is 10.9 Å². The van der Waals surface area contributed by atoms with Gasteiger partial charge < -0.3 is 10.4 Å². The molecule has 0 aliphatic heterocycles. The highest BCUT2D eigenvalue weighted by atomic mass is 19.1. The van der Waals surface area contributed by atoms with Crippen LogP contribution in [-0.2, 0) is 4.79 Å². The van der Waals surface area contributed by atoms with E-state index in [1.807, 2.05) is 6.92 Å². The summed E-state index contributed by atoms with van der Waals surface area (Å²) in [4.78, 5) is 27.6. The lowest BCUT2D eigenvalue weighted by atomic mass is 10.1. The standard InChI is InChI=1S/C16H17FN2O3/c1-3-4-13(16(21)22)19-15(20)12-7-10-5-6-11(17)8-14(10)18-9(12)2/h5-8,13H,3-4H2,1-2H3,(H,19,20)(H,21,22). The van der Waals surface area contributed by atoms with E-state index in [1.54, 1.807) is 13.0 Å². The molecule has 0 aliphatic carbocycles. The number of carbonyl (C=O) groups excluding carboxylic acids is 1. The highest BCUT2D eigenvalue weighted by Gasteiger charge is 2.21. The molecule has 1 aromatic heterocycles. The molecule has 2 aromatic rings. The van der Waals surface area contributed by atoms with Gasteiger partial charge in [0.05, 0.1) is 16.8 Å². The topological polar surface area (TPSA) is 79.3 Å². The average Bonchev–Trinajstić information content (AvgIpc) is 2.45. The smallest absolute Gasteiger partial charge is 0.326 e. The SMILES string of the molecule is CCCC(NC(=O)c1cc2ccc(F)cc2nc1C)C(=O)O. The number of nitrogens with one attached hydrogen (secondary N) is 1. The molecule has 0 saturated heterocycles. The van der Waals surface area contributed by atoms with Crippen LogP contribution < -0.4 is 5.32 Å². The van der Waals surface area contributed by atoms with Crippen molar-refractivity contribution in [2.75, 3.05) is 0 Å². The van der Waals surface area contributed by atoms with E-state index in [9.17, 15) is 14.0 Å². The Morgan fingerprint density at radius 3 is 2.73 bits per heavy atom. The van der Waals surface area contributed by atoms with Gasteiger partial charge in [-0.2, -0.15) is 0 Å². The highest BCUT2D eigenvalue weighted by molar-refractivity contribution is 6.00. The first-order valence-electron chi connectivity index (χ1n) is 7.03. The van der Waals surface area contributed by atoms with Crippen LogP contribution in [0.3, 0.4) is 0 Å². The first kappa shape index (κ1) is 15.9. The minimum Gasteiger partial charge on any atom is -0.480 e. The van der Waals surface area contributed by atoms with Crippen molar-refractivity contribution in [3.05, 3.63) is 41.3 Å². The summed E-state index contributed by atoms with van der Waals surface area (Å²) in [5, 5.41) is 12.2. The summed E-state index contributed by atoms with van der Waals surface area (Å²) < 4.78 is 13.2. The molecule has 0 radical (unpaired) electrons. The van der Waals surface area contributed by atoms with E-state index in [2.05, 4.69) is 10.3 Å². The number of carboxylic acid groups (broad SMARTS) is 1. The molecular formula is C16H17FN2O3. The maximum Gasteiger partial charge on any atom is 0.326 e. The van der Waals surface area contributed by atoms with Crippen LogP contribution in [0.4, 0.5) is 4.39 Å². The second kappa shape index (κ2) is 6.51. The van der Waals surface area contributed by atoms with Crippen molar-refractivity contribution >= 4 is 22.8 Å². The molecule has 1 heterocycles. The third-order valence-corrected chi connectivity index (χ3v) is 3.40. The Balaban J connectivity index is 2.33. The summed E-state index contributed by atoms with van der Waals surface area (Å²) in [5.74, 6) is -1.95. The number of hydrogen-bond donors (Lipinski definition) is 2. The lowest BCUT2D eigenvalue weighted by molar-refractivity contribution is -0.139. The van der Waals surface area contributed by atoms with Gasteiger partial charge in [0.25, 0.3) is 5.91 Å². The summed E-state index contributed by atoms with van der Waals surface area (Å²) in [7, 11) is 0. The molecule has 0 saturated carbocycles. The molecule has 2 rings (SSSR count). The Kier molecular flexibility index (Phi) is 4.70. The van der Waals surface area contributed by atoms with Gasteiger partial charge in [0, 0.05) is 11.5 Å². The van der Waals surface area contributed by atoms with Gasteiger partial charge in [-0.3, -0.25) is 9.78 Å². The number of hydrogen-bond acceptors (Lipinski definition) is 3. The van der Waals surface area contributed by atoms with Crippen molar-refractivity contribution in [2.24, 2.45) is 0 Å². The fourth-order valence-corrected chi connectivity index (χ4v) is 2.25. The first-order valence-corrected chi connectivity index (χ1v) is 7.03. The molecule has 0 spiro atoms. The molecule has 5 nitrogen and oxygen atoms in total. The summed E-state index contributed by atoms with van der Waals surface area (Å²) in [6, 6.07) is 4.78. The number of halogens is 1. The quantitative estimate of drug-likeness (QED) is 0.890. The predicted octanol–water partition coefficient (Wildman–Crippen LogP) is 2.67. The van der Waals surface area contributed by atoms with Crippen molar-refractivity contribution in [1.82, 2.24) is 10.3 Å². The van der Waals surface area contributed by atoms with Gasteiger partial charge in [-0.25, -0.2) is 9.18 Å². The van der Waals surface area contributed by atoms with E-state index in [0.29, 0.717) is 35.0 Å². The van der Waals surface area contributed by atoms with E-state index in [-0.39, 0.29) is 0 Å². The maximum atomic E-state index is 13.2. The zero-order valence-electron chi connectivity index (χ0n) is 12.4. The summed E-state index contributed by atoms with van der Waals surface area (Å²) in [6.07, 6.45) is 0.998. The summed E-state index contributed by atoms with van der Waals surface area (Å²) >= 11 is 0. The van der Waals surface area contributed by atoms with Crippen LogP contribution in [0.15, 0.2) is 24.3 Å². The van der Waals surface area contributed by atoms with Crippen LogP contribution in [0.5, 0.6) is 0 Å². The van der Waals surface area contributed by atoms with Crippen molar-refractivity contribution in [1.29, 1.82) is 0 Å². The van der Waals surface area contributed by atoms with Crippen LogP contribution >= 0.6 is 0 Å². The predicted molar refractivity (Wildman–Crippen MR) is 80.2 cm³/mol. The van der Waals surface area contributed by atoms with Gasteiger partial charge in [-0.05, 0) is 31.5 Å². The number of carbonyl (C=O) groups is 2. The fourth-order valence-electron chi connectivity index (χ4n) is 2.25. The Morgan fingerprint density at radius 2 is 2.09 bits per heavy atom. The van der Waals surface area contributed by atoms with Crippen LogP contribution in [0.1, 0.15) is 35.8 Å². The lowest BCUT2D eigenvalue weighted by Crippen LogP contribution is -2.40. The van der Waals surface area contributed by atoms with Crippen LogP contribution in [0, 0.1) is 12.7 Å². The minimum absolute atomic E-state index is 0.293. The van der Waals surface area contributed by atoms with Gasteiger partial charge in [-0.15, -0.1) is 0 Å². The third-order valence-electron chi connectivity index (χ3n) is 3.40. The van der Waals surface area contributed by atoms with Gasteiger partial charge in [-0.1, -0.05) is 13.3 Å². The summed E-state index contributed by atoms with van der Waals surface area (Å²) in [5.41, 5.74) is 1.18. The average molecular weight is 304 g/mol. The van der Waals surface area contributed by atoms with Gasteiger partial charge in [0.2, 0.25) is 0 Å². The summed E-state index contributed by atoms with van der Waals surface area (Å²) in [6.45, 7) is 3.48. The van der Waals surface area contributed by atoms with Crippen molar-refractivity contribution < 1.29 is 19.1 Å². The number of rotatable bonds is 5. The Morgan fingerprint density at radius 1 is 1.36 bits per heavy atom. The second-order valence-electron chi connectivity index (χ2n) is 5.11. The minimum atomic E-state index is -1.07. The lowest BCUT2D eigenvalue weighted by Gasteiger charge is -2.14. The largest absolute Gasteiger partial charge is 0.480 e. The number of nitrogens with zero attached hydrogens (tertiary/aromatic N) is 1. The van der Waals surface area contributed by atoms with Crippen molar-refractivity contribution in [2.45, 2.75) is 32.7 Å². The number of aryl methyl sites for hydroxylation is 1. The van der Waals surface area contributed by atoms with E-state index >= 15 is 0 Å². The number of aliphatic carboxylic acids is 1. The highest BCUT2D eigenvalue weighted by Crippen LogP contribution is 2.18. The van der Waals surface area contributed by atoms with Crippen molar-refractivity contribution in [3.8, 4) is 0 Å². The van der Waals surface area contributed by atoms with E-state index in [1.165, 1.54) is 18.2 Å². The molecule has 1 aromatic carbocycles. The zero-order valence-corrected chi connectivity index (χ0v) is 12.4. The molecule has 0 aliphatic rings. The van der Waals surface area contributed by atoms with Gasteiger partial charge in [0.1, 0.15) is 11.9 Å². The Hall–Kier alpha value is -2.50. The zero-order chi connectivity index (χ0) is 16.3.